The first-order chi connectivity index (χ1) is 9.84. The molecule has 1 amide bonds. The number of hydrogen-bond acceptors (Lipinski definition) is 4. The first kappa shape index (κ1) is 12.8. The smallest absolute Gasteiger partial charge is 0.228 e. The molecule has 0 radical (unpaired) electrons. The third kappa shape index (κ3) is 2.70. The van der Waals surface area contributed by atoms with Crippen LogP contribution in [0.1, 0.15) is 5.69 Å². The fraction of sp³-hybridized carbons (Fsp3) is 0.357. The van der Waals surface area contributed by atoms with Gasteiger partial charge in [0, 0.05) is 13.1 Å². The first-order valence-electron chi connectivity index (χ1n) is 6.65. The van der Waals surface area contributed by atoms with Crippen molar-refractivity contribution in [3.05, 3.63) is 42.2 Å². The van der Waals surface area contributed by atoms with Crippen molar-refractivity contribution in [2.45, 2.75) is 6.42 Å². The lowest BCUT2D eigenvalue weighted by Crippen LogP contribution is -2.41. The standard InChI is InChI=1S/C14H16N4O2/c19-14(17-6-8-20-9-7-17)10-13-11-15-16-18(13)12-4-2-1-3-5-12/h1-5,11H,6-10H2. The van der Waals surface area contributed by atoms with E-state index in [-0.39, 0.29) is 5.91 Å². The molecule has 0 aliphatic carbocycles. The number of amides is 1. The van der Waals surface area contributed by atoms with E-state index in [0.29, 0.717) is 32.7 Å². The number of carbonyl (C=O) groups excluding carboxylic acids is 1. The predicted molar refractivity (Wildman–Crippen MR) is 72.5 cm³/mol. The first-order valence-corrected chi connectivity index (χ1v) is 6.65. The van der Waals surface area contributed by atoms with Gasteiger partial charge in [0.05, 0.1) is 37.2 Å². The summed E-state index contributed by atoms with van der Waals surface area (Å²) in [7, 11) is 0. The Bertz CT molecular complexity index is 576. The van der Waals surface area contributed by atoms with E-state index in [0.717, 1.165) is 11.4 Å². The zero-order valence-corrected chi connectivity index (χ0v) is 11.1. The van der Waals surface area contributed by atoms with Crippen LogP contribution in [0.25, 0.3) is 5.69 Å². The summed E-state index contributed by atoms with van der Waals surface area (Å²) >= 11 is 0. The van der Waals surface area contributed by atoms with Crippen LogP contribution in [0.2, 0.25) is 0 Å². The van der Waals surface area contributed by atoms with Gasteiger partial charge in [-0.25, -0.2) is 4.68 Å². The van der Waals surface area contributed by atoms with E-state index in [4.69, 9.17) is 4.74 Å². The summed E-state index contributed by atoms with van der Waals surface area (Å²) in [5, 5.41) is 7.97. The fourth-order valence-corrected chi connectivity index (χ4v) is 2.24. The minimum atomic E-state index is 0.0905. The van der Waals surface area contributed by atoms with Gasteiger partial charge in [-0.2, -0.15) is 0 Å². The molecule has 104 valence electrons. The summed E-state index contributed by atoms with van der Waals surface area (Å²) in [6.45, 7) is 2.54. The highest BCUT2D eigenvalue weighted by Crippen LogP contribution is 2.10. The predicted octanol–water partition coefficient (Wildman–Crippen LogP) is 0.669. The van der Waals surface area contributed by atoms with Gasteiger partial charge in [0.25, 0.3) is 0 Å². The summed E-state index contributed by atoms with van der Waals surface area (Å²) in [4.78, 5) is 14.1. The number of aromatic nitrogens is 3. The van der Waals surface area contributed by atoms with Crippen LogP contribution >= 0.6 is 0 Å². The second-order valence-corrected chi connectivity index (χ2v) is 4.64. The fourth-order valence-electron chi connectivity index (χ4n) is 2.24. The van der Waals surface area contributed by atoms with E-state index in [9.17, 15) is 4.79 Å². The Kier molecular flexibility index (Phi) is 3.73. The molecule has 0 spiro atoms. The molecule has 0 bridgehead atoms. The van der Waals surface area contributed by atoms with Crippen molar-refractivity contribution in [3.63, 3.8) is 0 Å². The molecule has 1 aliphatic heterocycles. The Hall–Kier alpha value is -2.21. The van der Waals surface area contributed by atoms with Crippen LogP contribution in [0.15, 0.2) is 36.5 Å². The van der Waals surface area contributed by atoms with Gasteiger partial charge in [-0.15, -0.1) is 5.10 Å². The summed E-state index contributed by atoms with van der Waals surface area (Å²) < 4.78 is 6.96. The molecular formula is C14H16N4O2. The van der Waals surface area contributed by atoms with E-state index in [1.807, 2.05) is 35.2 Å². The van der Waals surface area contributed by atoms with E-state index >= 15 is 0 Å². The third-order valence-electron chi connectivity index (χ3n) is 3.32. The molecule has 2 aromatic rings. The van der Waals surface area contributed by atoms with Gasteiger partial charge < -0.3 is 9.64 Å². The number of hydrogen-bond donors (Lipinski definition) is 0. The van der Waals surface area contributed by atoms with Gasteiger partial charge >= 0.3 is 0 Å². The molecular weight excluding hydrogens is 256 g/mol. The van der Waals surface area contributed by atoms with Crippen LogP contribution in [0, 0.1) is 0 Å². The molecule has 0 atom stereocenters. The average Bonchev–Trinajstić information content (AvgIpc) is 2.97. The molecule has 0 N–H and O–H groups in total. The van der Waals surface area contributed by atoms with Crippen molar-refractivity contribution in [3.8, 4) is 5.69 Å². The highest BCUT2D eigenvalue weighted by Gasteiger charge is 2.19. The van der Waals surface area contributed by atoms with Crippen molar-refractivity contribution >= 4 is 5.91 Å². The van der Waals surface area contributed by atoms with Crippen LogP contribution in [0.5, 0.6) is 0 Å². The molecule has 3 rings (SSSR count). The van der Waals surface area contributed by atoms with E-state index in [1.54, 1.807) is 10.9 Å². The molecule has 6 heteroatoms. The van der Waals surface area contributed by atoms with Crippen LogP contribution in [-0.2, 0) is 16.0 Å². The Morgan fingerprint density at radius 3 is 2.70 bits per heavy atom. The quantitative estimate of drug-likeness (QED) is 0.824. The van der Waals surface area contributed by atoms with E-state index in [2.05, 4.69) is 10.3 Å². The second-order valence-electron chi connectivity index (χ2n) is 4.64. The molecule has 6 nitrogen and oxygen atoms in total. The Morgan fingerprint density at radius 2 is 1.95 bits per heavy atom. The number of nitrogens with zero attached hydrogens (tertiary/aromatic N) is 4. The molecule has 1 aromatic heterocycles. The molecule has 1 aromatic carbocycles. The summed E-state index contributed by atoms with van der Waals surface area (Å²) in [6.07, 6.45) is 1.95. The molecule has 1 aliphatic rings. The molecule has 2 heterocycles. The van der Waals surface area contributed by atoms with Gasteiger partial charge in [-0.1, -0.05) is 23.4 Å². The van der Waals surface area contributed by atoms with Crippen molar-refractivity contribution < 1.29 is 9.53 Å². The Morgan fingerprint density at radius 1 is 1.20 bits per heavy atom. The van der Waals surface area contributed by atoms with Crippen molar-refractivity contribution in [2.75, 3.05) is 26.3 Å². The summed E-state index contributed by atoms with van der Waals surface area (Å²) in [6, 6.07) is 9.70. The lowest BCUT2D eigenvalue weighted by atomic mass is 10.2. The summed E-state index contributed by atoms with van der Waals surface area (Å²) in [5.41, 5.74) is 1.71. The average molecular weight is 272 g/mol. The third-order valence-corrected chi connectivity index (χ3v) is 3.32. The normalized spacial score (nSPS) is 15.3. The van der Waals surface area contributed by atoms with Crippen molar-refractivity contribution in [1.29, 1.82) is 0 Å². The Balaban J connectivity index is 1.75. The number of rotatable bonds is 3. The zero-order chi connectivity index (χ0) is 13.8. The second kappa shape index (κ2) is 5.83. The zero-order valence-electron chi connectivity index (χ0n) is 11.1. The van der Waals surface area contributed by atoms with Gasteiger partial charge in [0.1, 0.15) is 0 Å². The maximum Gasteiger partial charge on any atom is 0.228 e. The minimum absolute atomic E-state index is 0.0905. The number of morpholine rings is 1. The molecule has 1 saturated heterocycles. The highest BCUT2D eigenvalue weighted by molar-refractivity contribution is 5.78. The van der Waals surface area contributed by atoms with Crippen LogP contribution in [-0.4, -0.2) is 52.1 Å². The topological polar surface area (TPSA) is 60.2 Å². The van der Waals surface area contributed by atoms with Crippen molar-refractivity contribution in [2.24, 2.45) is 0 Å². The number of benzene rings is 1. The van der Waals surface area contributed by atoms with Gasteiger partial charge in [-0.3, -0.25) is 4.79 Å². The lowest BCUT2D eigenvalue weighted by Gasteiger charge is -2.26. The highest BCUT2D eigenvalue weighted by atomic mass is 16.5. The van der Waals surface area contributed by atoms with Crippen LogP contribution < -0.4 is 0 Å². The van der Waals surface area contributed by atoms with E-state index < -0.39 is 0 Å². The summed E-state index contributed by atoms with van der Waals surface area (Å²) in [5.74, 6) is 0.0905. The molecule has 0 saturated carbocycles. The van der Waals surface area contributed by atoms with Crippen molar-refractivity contribution in [1.82, 2.24) is 19.9 Å². The number of carbonyl (C=O) groups is 1. The van der Waals surface area contributed by atoms with Crippen LogP contribution in [0.4, 0.5) is 0 Å². The number of ether oxygens (including phenoxy) is 1. The largest absolute Gasteiger partial charge is 0.378 e. The van der Waals surface area contributed by atoms with E-state index in [1.165, 1.54) is 0 Å². The Labute approximate surface area is 117 Å². The molecule has 0 unspecified atom stereocenters. The lowest BCUT2D eigenvalue weighted by molar-refractivity contribution is -0.134. The number of para-hydroxylation sites is 1. The van der Waals surface area contributed by atoms with Gasteiger partial charge in [-0.05, 0) is 12.1 Å². The maximum atomic E-state index is 12.3. The minimum Gasteiger partial charge on any atom is -0.378 e. The maximum absolute atomic E-state index is 12.3. The molecule has 1 fully saturated rings. The SMILES string of the molecule is O=C(Cc1cnnn1-c1ccccc1)N1CCOCC1. The van der Waals surface area contributed by atoms with Gasteiger partial charge in [0.15, 0.2) is 0 Å². The monoisotopic (exact) mass is 272 g/mol. The van der Waals surface area contributed by atoms with Gasteiger partial charge in [0.2, 0.25) is 5.91 Å². The molecule has 20 heavy (non-hydrogen) atoms. The van der Waals surface area contributed by atoms with Crippen LogP contribution in [0.3, 0.4) is 0 Å².